The predicted molar refractivity (Wildman–Crippen MR) is 100 cm³/mol. The van der Waals surface area contributed by atoms with Crippen LogP contribution in [0, 0.1) is 0 Å². The fourth-order valence-corrected chi connectivity index (χ4v) is 3.31. The van der Waals surface area contributed by atoms with Crippen molar-refractivity contribution >= 4 is 38.9 Å². The highest BCUT2D eigenvalue weighted by Crippen LogP contribution is 2.38. The number of rotatable bonds is 5. The molecule has 0 radical (unpaired) electrons. The quantitative estimate of drug-likeness (QED) is 0.719. The van der Waals surface area contributed by atoms with Crippen molar-refractivity contribution in [3.05, 3.63) is 69.7 Å². The van der Waals surface area contributed by atoms with Gasteiger partial charge in [0.2, 0.25) is 0 Å². The summed E-state index contributed by atoms with van der Waals surface area (Å²) in [5.74, 6) is -0.852. The molecular weight excluding hydrogens is 368 g/mol. The van der Waals surface area contributed by atoms with Crippen LogP contribution in [0.15, 0.2) is 63.7 Å². The minimum atomic E-state index is -0.852. The van der Waals surface area contributed by atoms with Crippen LogP contribution in [0.25, 0.3) is 5.57 Å². The lowest BCUT2D eigenvalue weighted by molar-refractivity contribution is -0.136. The van der Waals surface area contributed by atoms with Gasteiger partial charge in [0.05, 0.1) is 17.8 Å². The second kappa shape index (κ2) is 7.01. The molecule has 3 rings (SSSR count). The first-order chi connectivity index (χ1) is 11.6. The van der Waals surface area contributed by atoms with Crippen LogP contribution in [0.5, 0.6) is 0 Å². The van der Waals surface area contributed by atoms with E-state index in [1.165, 1.54) is 0 Å². The highest BCUT2D eigenvalue weighted by atomic mass is 79.9. The molecule has 0 atom stereocenters. The summed E-state index contributed by atoms with van der Waals surface area (Å²) in [6.45, 7) is 2.04. The molecule has 2 N–H and O–H groups in total. The first kappa shape index (κ1) is 16.5. The third-order valence-corrected chi connectivity index (χ3v) is 4.46. The monoisotopic (exact) mass is 384 g/mol. The molecule has 0 bridgehead atoms. The number of anilines is 1. The van der Waals surface area contributed by atoms with Crippen molar-refractivity contribution in [2.75, 3.05) is 5.43 Å². The molecule has 2 aromatic carbocycles. The highest BCUT2D eigenvalue weighted by Gasteiger charge is 2.28. The molecule has 122 valence electrons. The lowest BCUT2D eigenvalue weighted by Crippen LogP contribution is -2.09. The molecule has 4 nitrogen and oxygen atoms in total. The molecule has 0 amide bonds. The lowest BCUT2D eigenvalue weighted by Gasteiger charge is -2.07. The number of hydrazone groups is 1. The number of para-hydroxylation sites is 1. The molecule has 0 fully saturated rings. The minimum Gasteiger partial charge on any atom is -0.481 e. The third-order valence-electron chi connectivity index (χ3n) is 3.96. The van der Waals surface area contributed by atoms with Gasteiger partial charge in [0.1, 0.15) is 0 Å². The summed E-state index contributed by atoms with van der Waals surface area (Å²) < 4.78 is 0.945. The average molecular weight is 385 g/mol. The SMILES string of the molecule is CCC1=C(CC(=O)O)C(=NNc2ccccc2)c2cc(Br)ccc21. The number of allylic oxidation sites excluding steroid dienone is 1. The van der Waals surface area contributed by atoms with Gasteiger partial charge >= 0.3 is 5.97 Å². The van der Waals surface area contributed by atoms with Crippen molar-refractivity contribution in [3.63, 3.8) is 0 Å². The zero-order valence-electron chi connectivity index (χ0n) is 13.2. The molecule has 24 heavy (non-hydrogen) atoms. The second-order valence-electron chi connectivity index (χ2n) is 5.51. The maximum absolute atomic E-state index is 11.3. The smallest absolute Gasteiger partial charge is 0.307 e. The molecule has 0 saturated heterocycles. The Balaban J connectivity index is 2.08. The Hall–Kier alpha value is -2.40. The molecule has 0 saturated carbocycles. The number of hydrogen-bond acceptors (Lipinski definition) is 3. The van der Waals surface area contributed by atoms with Crippen LogP contribution in [0.1, 0.15) is 30.9 Å². The first-order valence-electron chi connectivity index (χ1n) is 7.73. The summed E-state index contributed by atoms with van der Waals surface area (Å²) in [4.78, 5) is 11.3. The van der Waals surface area contributed by atoms with Gasteiger partial charge in [-0.1, -0.05) is 47.1 Å². The Labute approximate surface area is 149 Å². The van der Waals surface area contributed by atoms with E-state index >= 15 is 0 Å². The van der Waals surface area contributed by atoms with Crippen LogP contribution in [0.3, 0.4) is 0 Å². The van der Waals surface area contributed by atoms with Gasteiger partial charge in [-0.15, -0.1) is 0 Å². The van der Waals surface area contributed by atoms with Crippen LogP contribution in [-0.4, -0.2) is 16.8 Å². The third kappa shape index (κ3) is 3.26. The highest BCUT2D eigenvalue weighted by molar-refractivity contribution is 9.10. The van der Waals surface area contributed by atoms with E-state index in [0.29, 0.717) is 5.71 Å². The molecule has 5 heteroatoms. The number of hydrogen-bond donors (Lipinski definition) is 2. The number of benzene rings is 2. The Bertz CT molecular complexity index is 842. The predicted octanol–water partition coefficient (Wildman–Crippen LogP) is 4.92. The van der Waals surface area contributed by atoms with Crippen molar-refractivity contribution in [2.24, 2.45) is 5.10 Å². The second-order valence-corrected chi connectivity index (χ2v) is 6.42. The normalized spacial score (nSPS) is 14.8. The van der Waals surface area contributed by atoms with E-state index in [4.69, 9.17) is 0 Å². The Morgan fingerprint density at radius 3 is 2.54 bits per heavy atom. The Morgan fingerprint density at radius 1 is 1.12 bits per heavy atom. The summed E-state index contributed by atoms with van der Waals surface area (Å²) in [7, 11) is 0. The number of fused-ring (bicyclic) bond motifs is 1. The number of carboxylic acids is 1. The average Bonchev–Trinajstić information content (AvgIpc) is 2.85. The number of halogens is 1. The van der Waals surface area contributed by atoms with Crippen molar-refractivity contribution in [3.8, 4) is 0 Å². The Morgan fingerprint density at radius 2 is 1.88 bits per heavy atom. The lowest BCUT2D eigenvalue weighted by atomic mass is 10.0. The first-order valence-corrected chi connectivity index (χ1v) is 8.52. The zero-order chi connectivity index (χ0) is 17.1. The molecule has 1 aliphatic carbocycles. The van der Waals surface area contributed by atoms with Gasteiger partial charge in [0, 0.05) is 10.0 Å². The van der Waals surface area contributed by atoms with E-state index in [2.05, 4.69) is 26.5 Å². The van der Waals surface area contributed by atoms with Crippen molar-refractivity contribution in [2.45, 2.75) is 19.8 Å². The molecule has 0 spiro atoms. The molecule has 0 aliphatic heterocycles. The molecule has 1 aliphatic rings. The number of nitrogens with zero attached hydrogens (tertiary/aromatic N) is 1. The minimum absolute atomic E-state index is 0.0369. The molecular formula is C19H17BrN2O2. The number of aliphatic carboxylic acids is 1. The number of carbonyl (C=O) groups is 1. The maximum Gasteiger partial charge on any atom is 0.307 e. The van der Waals surface area contributed by atoms with Crippen molar-refractivity contribution < 1.29 is 9.90 Å². The van der Waals surface area contributed by atoms with Crippen LogP contribution in [-0.2, 0) is 4.79 Å². The maximum atomic E-state index is 11.3. The van der Waals surface area contributed by atoms with Crippen molar-refractivity contribution in [1.29, 1.82) is 0 Å². The molecule has 0 aromatic heterocycles. The molecule has 0 unspecified atom stereocenters. The summed E-state index contributed by atoms with van der Waals surface area (Å²) in [6, 6.07) is 15.6. The van der Waals surface area contributed by atoms with Gasteiger partial charge in [-0.2, -0.15) is 5.10 Å². The summed E-state index contributed by atoms with van der Waals surface area (Å²) >= 11 is 3.49. The summed E-state index contributed by atoms with van der Waals surface area (Å²) in [5.41, 5.74) is 8.45. The summed E-state index contributed by atoms with van der Waals surface area (Å²) in [5, 5.41) is 13.8. The molecule has 0 heterocycles. The van der Waals surface area contributed by atoms with Gasteiger partial charge < -0.3 is 5.11 Å². The van der Waals surface area contributed by atoms with Gasteiger partial charge in [0.25, 0.3) is 0 Å². The van der Waals surface area contributed by atoms with E-state index in [1.807, 2.05) is 55.5 Å². The van der Waals surface area contributed by atoms with E-state index in [0.717, 1.165) is 38.9 Å². The fraction of sp³-hybridized carbons (Fsp3) is 0.158. The Kier molecular flexibility index (Phi) is 4.81. The van der Waals surface area contributed by atoms with Crippen LogP contribution in [0.2, 0.25) is 0 Å². The summed E-state index contributed by atoms with van der Waals surface area (Å²) in [6.07, 6.45) is 0.729. The number of carboxylic acid groups (broad SMARTS) is 1. The standard InChI is InChI=1S/C19H17BrN2O2/c1-2-14-15-9-8-12(20)10-16(15)19(17(14)11-18(23)24)22-21-13-6-4-3-5-7-13/h3-10,21H,2,11H2,1H3,(H,23,24). The van der Waals surface area contributed by atoms with Gasteiger partial charge in [-0.05, 0) is 47.4 Å². The van der Waals surface area contributed by atoms with E-state index in [9.17, 15) is 9.90 Å². The topological polar surface area (TPSA) is 61.7 Å². The van der Waals surface area contributed by atoms with Gasteiger partial charge in [-0.25, -0.2) is 0 Å². The van der Waals surface area contributed by atoms with Gasteiger partial charge in [-0.3, -0.25) is 10.2 Å². The number of nitrogens with one attached hydrogen (secondary N) is 1. The van der Waals surface area contributed by atoms with Crippen molar-refractivity contribution in [1.82, 2.24) is 0 Å². The van der Waals surface area contributed by atoms with Gasteiger partial charge in [0.15, 0.2) is 0 Å². The van der Waals surface area contributed by atoms with E-state index < -0.39 is 5.97 Å². The van der Waals surface area contributed by atoms with E-state index in [-0.39, 0.29) is 6.42 Å². The van der Waals surface area contributed by atoms with Crippen LogP contribution >= 0.6 is 15.9 Å². The van der Waals surface area contributed by atoms with Crippen LogP contribution in [0.4, 0.5) is 5.69 Å². The fourth-order valence-electron chi connectivity index (χ4n) is 2.95. The van der Waals surface area contributed by atoms with E-state index in [1.54, 1.807) is 0 Å². The zero-order valence-corrected chi connectivity index (χ0v) is 14.8. The van der Waals surface area contributed by atoms with Crippen LogP contribution < -0.4 is 5.43 Å². The molecule has 2 aromatic rings. The largest absolute Gasteiger partial charge is 0.481 e.